The van der Waals surface area contributed by atoms with Gasteiger partial charge in [0.1, 0.15) is 0 Å². The van der Waals surface area contributed by atoms with Crippen molar-refractivity contribution in [3.05, 3.63) is 30.1 Å². The molecule has 10 heavy (non-hydrogen) atoms. The zero-order valence-electron chi connectivity index (χ0n) is 5.04. The predicted octanol–water partition coefficient (Wildman–Crippen LogP) is 2.51. The Labute approximate surface area is 73.8 Å². The second kappa shape index (κ2) is 4.33. The molecular weight excluding hydrogens is 352 g/mol. The van der Waals surface area contributed by atoms with E-state index in [0.29, 0.717) is 0 Å². The van der Waals surface area contributed by atoms with Gasteiger partial charge in [-0.05, 0) is 0 Å². The van der Waals surface area contributed by atoms with Gasteiger partial charge in [0, 0.05) is 0 Å². The van der Waals surface area contributed by atoms with Gasteiger partial charge in [0.05, 0.1) is 0 Å². The topological polar surface area (TPSA) is 12.9 Å². The second-order valence-electron chi connectivity index (χ2n) is 1.68. The monoisotopic (exact) mass is 357 g/mol. The van der Waals surface area contributed by atoms with E-state index in [2.05, 4.69) is 4.98 Å². The first-order chi connectivity index (χ1) is 4.79. The SMILES string of the molecule is [Cl][Pt]([Cl])[CH2]c1ccncc1. The fourth-order valence-corrected chi connectivity index (χ4v) is 3.39. The zero-order valence-corrected chi connectivity index (χ0v) is 8.82. The van der Waals surface area contributed by atoms with Gasteiger partial charge in [0.2, 0.25) is 0 Å². The van der Waals surface area contributed by atoms with Crippen molar-refractivity contribution in [2.24, 2.45) is 0 Å². The van der Waals surface area contributed by atoms with E-state index in [1.165, 1.54) is 5.56 Å². The van der Waals surface area contributed by atoms with E-state index in [4.69, 9.17) is 18.8 Å². The van der Waals surface area contributed by atoms with Gasteiger partial charge in [0.15, 0.2) is 0 Å². The number of pyridine rings is 1. The molecule has 59 valence electrons. The Morgan fingerprint density at radius 2 is 1.90 bits per heavy atom. The molecule has 0 saturated carbocycles. The summed E-state index contributed by atoms with van der Waals surface area (Å²) in [5.74, 6) is 0. The minimum absolute atomic E-state index is 0.844. The number of hydrogen-bond acceptors (Lipinski definition) is 1. The van der Waals surface area contributed by atoms with E-state index < -0.39 is 15.2 Å². The van der Waals surface area contributed by atoms with Crippen LogP contribution in [0.25, 0.3) is 0 Å². The Bertz CT molecular complexity index is 190. The fourth-order valence-electron chi connectivity index (χ4n) is 0.555. The Hall–Kier alpha value is 0.418. The van der Waals surface area contributed by atoms with Crippen molar-refractivity contribution in [2.45, 2.75) is 4.81 Å². The van der Waals surface area contributed by atoms with Crippen LogP contribution in [-0.4, -0.2) is 4.98 Å². The summed E-state index contributed by atoms with van der Waals surface area (Å²) in [6, 6.07) is 3.88. The molecular formula is C6H6Cl2NPt. The van der Waals surface area contributed by atoms with Crippen molar-refractivity contribution in [2.75, 3.05) is 0 Å². The first-order valence-electron chi connectivity index (χ1n) is 2.58. The molecule has 1 aromatic rings. The van der Waals surface area contributed by atoms with Crippen molar-refractivity contribution in [3.8, 4) is 0 Å². The molecule has 1 rings (SSSR count). The maximum atomic E-state index is 5.71. The number of rotatable bonds is 2. The number of aromatic nitrogens is 1. The average molecular weight is 358 g/mol. The molecule has 0 aromatic carbocycles. The average Bonchev–Trinajstić information content (AvgIpc) is 1.88. The molecule has 0 atom stereocenters. The molecule has 0 aliphatic heterocycles. The van der Waals surface area contributed by atoms with Crippen LogP contribution in [0, 0.1) is 0 Å². The Kier molecular flexibility index (Phi) is 3.69. The van der Waals surface area contributed by atoms with Gasteiger partial charge in [0.25, 0.3) is 0 Å². The van der Waals surface area contributed by atoms with Crippen molar-refractivity contribution >= 4 is 18.8 Å². The molecule has 0 radical (unpaired) electrons. The van der Waals surface area contributed by atoms with Gasteiger partial charge < -0.3 is 0 Å². The summed E-state index contributed by atoms with van der Waals surface area (Å²) >= 11 is -1.64. The summed E-state index contributed by atoms with van der Waals surface area (Å²) in [6.45, 7) is 0. The maximum absolute atomic E-state index is 5.71. The van der Waals surface area contributed by atoms with Crippen LogP contribution < -0.4 is 0 Å². The summed E-state index contributed by atoms with van der Waals surface area (Å²) in [4.78, 5) is 4.73. The molecule has 0 amide bonds. The van der Waals surface area contributed by atoms with Gasteiger partial charge in [-0.25, -0.2) is 0 Å². The van der Waals surface area contributed by atoms with E-state index in [1.54, 1.807) is 12.4 Å². The minimum atomic E-state index is -1.64. The molecule has 0 unspecified atom stereocenters. The van der Waals surface area contributed by atoms with Crippen LogP contribution in [0.5, 0.6) is 0 Å². The summed E-state index contributed by atoms with van der Waals surface area (Å²) < 4.78 is 0. The Morgan fingerprint density at radius 3 is 2.40 bits per heavy atom. The molecule has 0 N–H and O–H groups in total. The zero-order chi connectivity index (χ0) is 7.40. The van der Waals surface area contributed by atoms with E-state index in [0.717, 1.165) is 4.81 Å². The Balaban J connectivity index is 2.59. The van der Waals surface area contributed by atoms with Gasteiger partial charge in [-0.15, -0.1) is 0 Å². The van der Waals surface area contributed by atoms with Crippen molar-refractivity contribution in [3.63, 3.8) is 0 Å². The molecule has 0 fully saturated rings. The summed E-state index contributed by atoms with van der Waals surface area (Å²) in [5, 5.41) is 0. The van der Waals surface area contributed by atoms with Crippen LogP contribution in [-0.2, 0) is 20.0 Å². The van der Waals surface area contributed by atoms with E-state index in [1.807, 2.05) is 12.1 Å². The number of hydrogen-bond donors (Lipinski definition) is 0. The Morgan fingerprint density at radius 1 is 1.30 bits per heavy atom. The van der Waals surface area contributed by atoms with E-state index in [-0.39, 0.29) is 0 Å². The molecule has 0 spiro atoms. The van der Waals surface area contributed by atoms with Gasteiger partial charge in [-0.3, -0.25) is 0 Å². The van der Waals surface area contributed by atoms with Crippen LogP contribution in [0.4, 0.5) is 0 Å². The predicted molar refractivity (Wildman–Crippen MR) is 39.6 cm³/mol. The molecule has 1 aromatic heterocycles. The van der Waals surface area contributed by atoms with Crippen LogP contribution in [0.1, 0.15) is 5.56 Å². The normalized spacial score (nSPS) is 11.2. The van der Waals surface area contributed by atoms with Crippen molar-refractivity contribution in [1.29, 1.82) is 0 Å². The number of halogens is 2. The summed E-state index contributed by atoms with van der Waals surface area (Å²) in [7, 11) is 11.4. The van der Waals surface area contributed by atoms with Gasteiger partial charge in [-0.2, -0.15) is 0 Å². The molecule has 0 bridgehead atoms. The third-order valence-corrected chi connectivity index (χ3v) is 3.88. The summed E-state index contributed by atoms with van der Waals surface area (Å²) in [6.07, 6.45) is 3.51. The molecule has 1 nitrogen and oxygen atoms in total. The van der Waals surface area contributed by atoms with Crippen molar-refractivity contribution < 1.29 is 15.2 Å². The second-order valence-corrected chi connectivity index (χ2v) is 9.75. The standard InChI is InChI=1S/C6H6N.2ClH.Pt/c1-6-2-4-7-5-3-6;;;/h2-5H,1H2;2*1H;/q;;;+2/p-2. The third-order valence-electron chi connectivity index (χ3n) is 0.963. The molecule has 0 saturated heterocycles. The van der Waals surface area contributed by atoms with Gasteiger partial charge >= 0.3 is 73.9 Å². The first-order valence-corrected chi connectivity index (χ1v) is 9.81. The van der Waals surface area contributed by atoms with Crippen LogP contribution in [0.2, 0.25) is 0 Å². The molecule has 0 aliphatic carbocycles. The first kappa shape index (κ1) is 8.51. The van der Waals surface area contributed by atoms with E-state index in [9.17, 15) is 0 Å². The van der Waals surface area contributed by atoms with Crippen molar-refractivity contribution in [1.82, 2.24) is 4.98 Å². The molecule has 4 heteroatoms. The van der Waals surface area contributed by atoms with Gasteiger partial charge in [-0.1, -0.05) is 0 Å². The molecule has 0 aliphatic rings. The quantitative estimate of drug-likeness (QED) is 0.792. The third kappa shape index (κ3) is 3.00. The number of nitrogens with zero attached hydrogens (tertiary/aromatic N) is 1. The summed E-state index contributed by atoms with van der Waals surface area (Å²) in [5.41, 5.74) is 1.19. The van der Waals surface area contributed by atoms with Crippen LogP contribution >= 0.6 is 18.8 Å². The van der Waals surface area contributed by atoms with Crippen LogP contribution in [0.15, 0.2) is 24.5 Å². The van der Waals surface area contributed by atoms with E-state index >= 15 is 0 Å². The molecule has 1 heterocycles. The van der Waals surface area contributed by atoms with Crippen LogP contribution in [0.3, 0.4) is 0 Å². The fraction of sp³-hybridized carbons (Fsp3) is 0.167.